The highest BCUT2D eigenvalue weighted by Gasteiger charge is 2.36. The zero-order chi connectivity index (χ0) is 30.1. The van der Waals surface area contributed by atoms with Crippen LogP contribution in [0, 0.1) is 6.57 Å². The number of benzene rings is 2. The van der Waals surface area contributed by atoms with Crippen LogP contribution in [0.25, 0.3) is 15.6 Å². The second kappa shape index (κ2) is 12.4. The molecule has 9 nitrogen and oxygen atoms in total. The summed E-state index contributed by atoms with van der Waals surface area (Å²) < 4.78 is 26.6. The zero-order valence-corrected chi connectivity index (χ0v) is 24.8. The molecule has 1 aromatic heterocycles. The van der Waals surface area contributed by atoms with Gasteiger partial charge in [0.15, 0.2) is 0 Å². The summed E-state index contributed by atoms with van der Waals surface area (Å²) in [5, 5.41) is 2.66. The summed E-state index contributed by atoms with van der Waals surface area (Å²) >= 11 is 6.65. The number of carbonyl (C=O) groups is 1. The fourth-order valence-electron chi connectivity index (χ4n) is 6.44. The van der Waals surface area contributed by atoms with Gasteiger partial charge < -0.3 is 24.1 Å². The van der Waals surface area contributed by atoms with Crippen LogP contribution in [0.1, 0.15) is 29.3 Å². The first-order valence-electron chi connectivity index (χ1n) is 14.5. The van der Waals surface area contributed by atoms with Crippen molar-refractivity contribution in [1.29, 1.82) is 0 Å². The highest BCUT2D eigenvalue weighted by atomic mass is 35.5. The maximum absolute atomic E-state index is 14.0. The fraction of sp³-hybridized carbons (Fsp3) is 0.438. The maximum atomic E-state index is 14.0. The van der Waals surface area contributed by atoms with Crippen molar-refractivity contribution in [3.8, 4) is 6.01 Å². The fourth-order valence-corrected chi connectivity index (χ4v) is 6.73. The molecule has 0 bridgehead atoms. The third-order valence-corrected chi connectivity index (χ3v) is 8.99. The largest absolute Gasteiger partial charge is 0.462 e. The number of nitrogens with zero attached hydrogens (tertiary/aromatic N) is 6. The quantitative estimate of drug-likeness (QED) is 0.287. The smallest absolute Gasteiger partial charge is 0.318 e. The van der Waals surface area contributed by atoms with E-state index in [-0.39, 0.29) is 49.9 Å². The van der Waals surface area contributed by atoms with Crippen LogP contribution in [0.5, 0.6) is 6.01 Å². The molecule has 11 heteroatoms. The first-order chi connectivity index (χ1) is 20.9. The van der Waals surface area contributed by atoms with Crippen molar-refractivity contribution >= 4 is 34.1 Å². The number of alkyl halides is 1. The summed E-state index contributed by atoms with van der Waals surface area (Å²) in [5.41, 5.74) is 2.67. The molecule has 0 spiro atoms. The van der Waals surface area contributed by atoms with Gasteiger partial charge in [-0.3, -0.25) is 9.69 Å². The summed E-state index contributed by atoms with van der Waals surface area (Å²) in [6.07, 6.45) is 1.03. The Bertz CT molecular complexity index is 1580. The van der Waals surface area contributed by atoms with E-state index in [4.69, 9.17) is 37.6 Å². The van der Waals surface area contributed by atoms with E-state index >= 15 is 0 Å². The van der Waals surface area contributed by atoms with Gasteiger partial charge in [-0.1, -0.05) is 48.5 Å². The van der Waals surface area contributed by atoms with E-state index in [1.165, 1.54) is 6.08 Å². The molecular weight excluding hydrogens is 571 g/mol. The predicted octanol–water partition coefficient (Wildman–Crippen LogP) is 4.64. The van der Waals surface area contributed by atoms with E-state index in [0.29, 0.717) is 49.9 Å². The molecule has 0 aliphatic carbocycles. The lowest BCUT2D eigenvalue weighted by Gasteiger charge is -2.40. The Balaban J connectivity index is 1.34. The van der Waals surface area contributed by atoms with Gasteiger partial charge in [-0.05, 0) is 36.6 Å². The lowest BCUT2D eigenvalue weighted by atomic mass is 9.94. The molecule has 2 fully saturated rings. The maximum Gasteiger partial charge on any atom is 0.318 e. The van der Waals surface area contributed by atoms with E-state index in [1.807, 2.05) is 48.3 Å². The van der Waals surface area contributed by atoms with Crippen molar-refractivity contribution in [2.45, 2.75) is 43.8 Å². The molecule has 0 radical (unpaired) electrons. The van der Waals surface area contributed by atoms with Crippen molar-refractivity contribution < 1.29 is 18.7 Å². The Labute approximate surface area is 255 Å². The van der Waals surface area contributed by atoms with Crippen molar-refractivity contribution in [2.75, 3.05) is 51.3 Å². The number of likely N-dealkylation sites (tertiary alicyclic amines) is 1. The Hall–Kier alpha value is -3.78. The number of likely N-dealkylation sites (N-methyl/N-ethyl adjacent to an activating group) is 1. The van der Waals surface area contributed by atoms with Gasteiger partial charge in [0.2, 0.25) is 12.5 Å². The molecule has 2 saturated heterocycles. The Kier molecular flexibility index (Phi) is 8.48. The van der Waals surface area contributed by atoms with Crippen LogP contribution in [-0.4, -0.2) is 90.3 Å². The van der Waals surface area contributed by atoms with Gasteiger partial charge in [-0.2, -0.15) is 9.97 Å². The summed E-state index contributed by atoms with van der Waals surface area (Å²) in [7, 11) is 1.89. The first kappa shape index (κ1) is 29.3. The van der Waals surface area contributed by atoms with E-state index < -0.39 is 6.17 Å². The second-order valence-corrected chi connectivity index (χ2v) is 11.8. The molecule has 4 atom stereocenters. The summed E-state index contributed by atoms with van der Waals surface area (Å²) in [6, 6.07) is 11.8. The van der Waals surface area contributed by atoms with Crippen molar-refractivity contribution in [3.05, 3.63) is 82.3 Å². The average molecular weight is 605 g/mol. The lowest BCUT2D eigenvalue weighted by molar-refractivity contribution is -0.128. The standard InChI is InChI=1S/C32H34ClFN6O3/c1-4-29(41)40-12-11-39(17-23(40)15-35-2)31-25-19-42-28(24-9-5-7-20-8-6-10-26(33)30(20)24)14-27(25)36-32(37-31)43-18-22-13-21(34)16-38(22)3/h4-10,21-23,28H,1,11-19H2,3H3/t21-,22-,23-,28?/m0/s1. The topological polar surface area (TPSA) is 75.4 Å². The lowest BCUT2D eigenvalue weighted by Crippen LogP contribution is -2.56. The minimum absolute atomic E-state index is 0.0662. The molecule has 4 heterocycles. The number of hydrogen-bond donors (Lipinski definition) is 0. The van der Waals surface area contributed by atoms with Crippen molar-refractivity contribution in [1.82, 2.24) is 19.8 Å². The van der Waals surface area contributed by atoms with Crippen molar-refractivity contribution in [3.63, 3.8) is 0 Å². The molecule has 3 aliphatic rings. The summed E-state index contributed by atoms with van der Waals surface area (Å²) in [6.45, 7) is 13.6. The van der Waals surface area contributed by atoms with Crippen LogP contribution in [0.3, 0.4) is 0 Å². The monoisotopic (exact) mass is 604 g/mol. The number of piperazine rings is 1. The van der Waals surface area contributed by atoms with Crippen LogP contribution >= 0.6 is 11.6 Å². The third-order valence-electron chi connectivity index (χ3n) is 8.68. The molecule has 224 valence electrons. The average Bonchev–Trinajstić information content (AvgIpc) is 3.35. The van der Waals surface area contributed by atoms with Gasteiger partial charge in [-0.15, -0.1) is 0 Å². The second-order valence-electron chi connectivity index (χ2n) is 11.4. The molecule has 2 aromatic carbocycles. The van der Waals surface area contributed by atoms with Crippen LogP contribution in [0.4, 0.5) is 10.2 Å². The number of ether oxygens (including phenoxy) is 2. The first-order valence-corrected chi connectivity index (χ1v) is 14.9. The molecule has 3 aromatic rings. The molecule has 3 aliphatic heterocycles. The molecule has 1 unspecified atom stereocenters. The molecule has 0 N–H and O–H groups in total. The highest BCUT2D eigenvalue weighted by molar-refractivity contribution is 6.35. The van der Waals surface area contributed by atoms with Crippen LogP contribution in [-0.2, 0) is 22.6 Å². The summed E-state index contributed by atoms with van der Waals surface area (Å²) in [5.74, 6) is 0.493. The van der Waals surface area contributed by atoms with Crippen LogP contribution in [0.2, 0.25) is 5.02 Å². The van der Waals surface area contributed by atoms with Gasteiger partial charge in [0, 0.05) is 54.6 Å². The molecule has 6 rings (SSSR count). The van der Waals surface area contributed by atoms with Gasteiger partial charge in [-0.25, -0.2) is 11.0 Å². The van der Waals surface area contributed by atoms with E-state index in [0.717, 1.165) is 27.6 Å². The molecule has 0 saturated carbocycles. The van der Waals surface area contributed by atoms with Gasteiger partial charge >= 0.3 is 6.01 Å². The Morgan fingerprint density at radius 1 is 1.23 bits per heavy atom. The van der Waals surface area contributed by atoms with Crippen LogP contribution in [0.15, 0.2) is 49.1 Å². The minimum atomic E-state index is -0.877. The Morgan fingerprint density at radius 2 is 2.05 bits per heavy atom. The van der Waals surface area contributed by atoms with Crippen LogP contribution < -0.4 is 9.64 Å². The number of anilines is 1. The zero-order valence-electron chi connectivity index (χ0n) is 24.1. The number of rotatable bonds is 7. The van der Waals surface area contributed by atoms with Gasteiger partial charge in [0.1, 0.15) is 24.6 Å². The number of carbonyl (C=O) groups excluding carboxylic acids is 1. The highest BCUT2D eigenvalue weighted by Crippen LogP contribution is 2.39. The van der Waals surface area contributed by atoms with Gasteiger partial charge in [0.05, 0.1) is 18.4 Å². The minimum Gasteiger partial charge on any atom is -0.462 e. The van der Waals surface area contributed by atoms with E-state index in [9.17, 15) is 9.18 Å². The van der Waals surface area contributed by atoms with Gasteiger partial charge in [0.25, 0.3) is 0 Å². The normalized spacial score (nSPS) is 24.0. The Morgan fingerprint density at radius 3 is 2.79 bits per heavy atom. The number of halogens is 2. The molecule has 43 heavy (non-hydrogen) atoms. The van der Waals surface area contributed by atoms with E-state index in [2.05, 4.69) is 16.3 Å². The SMILES string of the molecule is [C-]#[N+]C[C@H]1CN(c2nc(OC[C@@H]3C[C@H](F)CN3C)nc3c2COC(c2cccc4cccc(Cl)c24)C3)CCN1C(=O)C=C. The molecule has 1 amide bonds. The molecular formula is C32H34ClFN6O3. The third kappa shape index (κ3) is 5.90. The summed E-state index contributed by atoms with van der Waals surface area (Å²) in [4.78, 5) is 31.5. The number of aromatic nitrogens is 2. The number of hydrogen-bond acceptors (Lipinski definition) is 7. The predicted molar refractivity (Wildman–Crippen MR) is 163 cm³/mol. The van der Waals surface area contributed by atoms with Crippen molar-refractivity contribution in [2.24, 2.45) is 0 Å². The number of amides is 1. The van der Waals surface area contributed by atoms with E-state index in [1.54, 1.807) is 4.90 Å². The number of fused-ring (bicyclic) bond motifs is 2.